The van der Waals surface area contributed by atoms with Gasteiger partial charge in [-0.2, -0.15) is 0 Å². The summed E-state index contributed by atoms with van der Waals surface area (Å²) in [6, 6.07) is 16.4. The average Bonchev–Trinajstić information content (AvgIpc) is 3.26. The summed E-state index contributed by atoms with van der Waals surface area (Å²) in [5, 5.41) is 2.85. The van der Waals surface area contributed by atoms with Gasteiger partial charge in [0.25, 0.3) is 5.91 Å². The standard InChI is InChI=1S/C25H24FN3O4/c1-16(30)29(13-18-4-2-3-17(9-18)12-27)14-20-10-23-24(33-15-32-23)11-22(20)28-25(31)19-5-7-21(26)8-6-19/h2-11H,12-15,27H2,1H3,(H,28,31). The Morgan fingerprint density at radius 1 is 1.00 bits per heavy atom. The summed E-state index contributed by atoms with van der Waals surface area (Å²) in [4.78, 5) is 26.9. The third kappa shape index (κ3) is 5.30. The van der Waals surface area contributed by atoms with Crippen LogP contribution in [0.1, 0.15) is 34.0 Å². The number of ether oxygens (including phenoxy) is 2. The fourth-order valence-corrected chi connectivity index (χ4v) is 3.59. The molecule has 3 aromatic carbocycles. The molecule has 2 amide bonds. The minimum absolute atomic E-state index is 0.0758. The molecule has 0 spiro atoms. The van der Waals surface area contributed by atoms with Crippen molar-refractivity contribution in [2.24, 2.45) is 5.73 Å². The van der Waals surface area contributed by atoms with Crippen molar-refractivity contribution >= 4 is 17.5 Å². The van der Waals surface area contributed by atoms with Gasteiger partial charge in [0.2, 0.25) is 12.7 Å². The summed E-state index contributed by atoms with van der Waals surface area (Å²) in [7, 11) is 0. The van der Waals surface area contributed by atoms with E-state index < -0.39 is 11.7 Å². The van der Waals surface area contributed by atoms with Crippen molar-refractivity contribution in [1.82, 2.24) is 4.90 Å². The Kier molecular flexibility index (Phi) is 6.55. The molecule has 0 radical (unpaired) electrons. The third-order valence-electron chi connectivity index (χ3n) is 5.36. The van der Waals surface area contributed by atoms with Crippen LogP contribution in [-0.2, 0) is 24.4 Å². The minimum Gasteiger partial charge on any atom is -0.454 e. The zero-order chi connectivity index (χ0) is 23.4. The topological polar surface area (TPSA) is 93.9 Å². The van der Waals surface area contributed by atoms with Gasteiger partial charge in [0.1, 0.15) is 5.82 Å². The molecule has 1 aliphatic heterocycles. The summed E-state index contributed by atoms with van der Waals surface area (Å²) in [6.45, 7) is 2.60. The molecule has 0 saturated heterocycles. The molecule has 0 saturated carbocycles. The Balaban J connectivity index is 1.61. The number of nitrogens with one attached hydrogen (secondary N) is 1. The second-order valence-electron chi connectivity index (χ2n) is 7.72. The summed E-state index contributed by atoms with van der Waals surface area (Å²) < 4.78 is 24.2. The lowest BCUT2D eigenvalue weighted by Crippen LogP contribution is -2.28. The minimum atomic E-state index is -0.425. The van der Waals surface area contributed by atoms with Crippen molar-refractivity contribution in [2.45, 2.75) is 26.6 Å². The number of amides is 2. The predicted octanol–water partition coefficient (Wildman–Crippen LogP) is 3.81. The van der Waals surface area contributed by atoms with Crippen LogP contribution in [0.5, 0.6) is 11.5 Å². The molecule has 1 aliphatic rings. The molecule has 3 N–H and O–H groups in total. The van der Waals surface area contributed by atoms with Crippen LogP contribution in [0.3, 0.4) is 0 Å². The second kappa shape index (κ2) is 9.70. The zero-order valence-electron chi connectivity index (χ0n) is 18.1. The monoisotopic (exact) mass is 449 g/mol. The summed E-state index contributed by atoms with van der Waals surface area (Å²) in [5.74, 6) is 0.0875. The first-order chi connectivity index (χ1) is 15.9. The van der Waals surface area contributed by atoms with E-state index in [1.54, 1.807) is 17.0 Å². The van der Waals surface area contributed by atoms with Crippen molar-refractivity contribution in [2.75, 3.05) is 12.1 Å². The smallest absolute Gasteiger partial charge is 0.255 e. The highest BCUT2D eigenvalue weighted by atomic mass is 19.1. The number of carbonyl (C=O) groups is 2. The number of carbonyl (C=O) groups excluding carboxylic acids is 2. The molecule has 7 nitrogen and oxygen atoms in total. The molecule has 0 atom stereocenters. The highest BCUT2D eigenvalue weighted by Gasteiger charge is 2.21. The first-order valence-electron chi connectivity index (χ1n) is 10.5. The van der Waals surface area contributed by atoms with Gasteiger partial charge in [-0.05, 0) is 47.0 Å². The number of fused-ring (bicyclic) bond motifs is 1. The van der Waals surface area contributed by atoms with E-state index >= 15 is 0 Å². The number of rotatable bonds is 7. The molecular weight excluding hydrogens is 425 g/mol. The molecule has 3 aromatic rings. The van der Waals surface area contributed by atoms with Crippen molar-refractivity contribution in [3.63, 3.8) is 0 Å². The maximum absolute atomic E-state index is 13.2. The number of halogens is 1. The number of hydrogen-bond donors (Lipinski definition) is 2. The Hall–Kier alpha value is -3.91. The number of nitrogens with two attached hydrogens (primary N) is 1. The Morgan fingerprint density at radius 3 is 2.39 bits per heavy atom. The van der Waals surface area contributed by atoms with Crippen molar-refractivity contribution < 1.29 is 23.5 Å². The fraction of sp³-hybridized carbons (Fsp3) is 0.200. The maximum Gasteiger partial charge on any atom is 0.255 e. The Morgan fingerprint density at radius 2 is 1.70 bits per heavy atom. The lowest BCUT2D eigenvalue weighted by Gasteiger charge is -2.23. The van der Waals surface area contributed by atoms with E-state index in [0.717, 1.165) is 11.1 Å². The van der Waals surface area contributed by atoms with Crippen LogP contribution >= 0.6 is 0 Å². The fourth-order valence-electron chi connectivity index (χ4n) is 3.59. The van der Waals surface area contributed by atoms with Gasteiger partial charge in [-0.15, -0.1) is 0 Å². The van der Waals surface area contributed by atoms with Gasteiger partial charge in [-0.25, -0.2) is 4.39 Å². The van der Waals surface area contributed by atoms with Gasteiger partial charge in [-0.1, -0.05) is 24.3 Å². The van der Waals surface area contributed by atoms with Crippen LogP contribution in [0.15, 0.2) is 60.7 Å². The Labute approximate surface area is 190 Å². The largest absolute Gasteiger partial charge is 0.454 e. The number of hydrogen-bond acceptors (Lipinski definition) is 5. The van der Waals surface area contributed by atoms with E-state index in [2.05, 4.69) is 5.32 Å². The molecule has 33 heavy (non-hydrogen) atoms. The summed E-state index contributed by atoms with van der Waals surface area (Å²) in [6.07, 6.45) is 0. The van der Waals surface area contributed by atoms with Gasteiger partial charge in [0.05, 0.1) is 0 Å². The van der Waals surface area contributed by atoms with E-state index in [9.17, 15) is 14.0 Å². The highest BCUT2D eigenvalue weighted by molar-refractivity contribution is 6.04. The van der Waals surface area contributed by atoms with Gasteiger partial charge in [0.15, 0.2) is 11.5 Å². The van der Waals surface area contributed by atoms with Crippen LogP contribution in [0, 0.1) is 5.82 Å². The van der Waals surface area contributed by atoms with Crippen LogP contribution < -0.4 is 20.5 Å². The summed E-state index contributed by atoms with van der Waals surface area (Å²) >= 11 is 0. The SMILES string of the molecule is CC(=O)N(Cc1cccc(CN)c1)Cc1cc2c(cc1NC(=O)c1ccc(F)cc1)OCO2. The van der Waals surface area contributed by atoms with E-state index in [1.165, 1.54) is 31.2 Å². The van der Waals surface area contributed by atoms with E-state index in [-0.39, 0.29) is 19.2 Å². The average molecular weight is 449 g/mol. The molecule has 0 unspecified atom stereocenters. The van der Waals surface area contributed by atoms with Crippen LogP contribution in [0.4, 0.5) is 10.1 Å². The molecule has 0 aliphatic carbocycles. The normalized spacial score (nSPS) is 11.8. The number of anilines is 1. The van der Waals surface area contributed by atoms with Crippen LogP contribution in [0.25, 0.3) is 0 Å². The van der Waals surface area contributed by atoms with Crippen molar-refractivity contribution in [3.8, 4) is 11.5 Å². The van der Waals surface area contributed by atoms with Gasteiger partial charge < -0.3 is 25.4 Å². The zero-order valence-corrected chi connectivity index (χ0v) is 18.1. The van der Waals surface area contributed by atoms with Crippen molar-refractivity contribution in [3.05, 3.63) is 88.7 Å². The molecule has 0 bridgehead atoms. The lowest BCUT2D eigenvalue weighted by atomic mass is 10.1. The Bertz CT molecular complexity index is 1180. The molecule has 0 aromatic heterocycles. The quantitative estimate of drug-likeness (QED) is 0.572. The van der Waals surface area contributed by atoms with E-state index in [0.29, 0.717) is 41.4 Å². The molecular formula is C25H24FN3O4. The second-order valence-corrected chi connectivity index (χ2v) is 7.72. The van der Waals surface area contributed by atoms with E-state index in [4.69, 9.17) is 15.2 Å². The maximum atomic E-state index is 13.2. The molecule has 0 fully saturated rings. The van der Waals surface area contributed by atoms with Gasteiger partial charge in [-0.3, -0.25) is 9.59 Å². The molecule has 1 heterocycles. The lowest BCUT2D eigenvalue weighted by molar-refractivity contribution is -0.130. The highest BCUT2D eigenvalue weighted by Crippen LogP contribution is 2.38. The van der Waals surface area contributed by atoms with Crippen LogP contribution in [0.2, 0.25) is 0 Å². The van der Waals surface area contributed by atoms with Gasteiger partial charge in [0, 0.05) is 43.9 Å². The third-order valence-corrected chi connectivity index (χ3v) is 5.36. The van der Waals surface area contributed by atoms with Gasteiger partial charge >= 0.3 is 0 Å². The van der Waals surface area contributed by atoms with Crippen LogP contribution in [-0.4, -0.2) is 23.5 Å². The molecule has 8 heteroatoms. The predicted molar refractivity (Wildman–Crippen MR) is 121 cm³/mol. The van der Waals surface area contributed by atoms with Crippen molar-refractivity contribution in [1.29, 1.82) is 0 Å². The molecule has 4 rings (SSSR count). The first kappa shape index (κ1) is 22.3. The number of benzene rings is 3. The first-order valence-corrected chi connectivity index (χ1v) is 10.5. The van der Waals surface area contributed by atoms with E-state index in [1.807, 2.05) is 24.3 Å². The summed E-state index contributed by atoms with van der Waals surface area (Å²) in [5.41, 5.74) is 9.14. The number of nitrogens with zero attached hydrogens (tertiary/aromatic N) is 1. The molecule has 170 valence electrons.